The molecule has 1 atom stereocenters. The smallest absolute Gasteiger partial charge is 0.303 e. The molecule has 0 aliphatic rings. The van der Waals surface area contributed by atoms with Gasteiger partial charge in [-0.25, -0.2) is 8.78 Å². The number of hydrogen-bond acceptors (Lipinski definition) is 3. The molecule has 1 aromatic carbocycles. The fourth-order valence-electron chi connectivity index (χ4n) is 1.23. The molecule has 86 valence electrons. The van der Waals surface area contributed by atoms with Crippen molar-refractivity contribution in [3.63, 3.8) is 0 Å². The van der Waals surface area contributed by atoms with Gasteiger partial charge in [0.1, 0.15) is 11.6 Å². The van der Waals surface area contributed by atoms with Crippen molar-refractivity contribution >= 4 is 11.8 Å². The summed E-state index contributed by atoms with van der Waals surface area (Å²) < 4.78 is 30.2. The Balaban J connectivity index is 2.91. The van der Waals surface area contributed by atoms with Crippen molar-refractivity contribution in [2.24, 2.45) is 0 Å². The van der Waals surface area contributed by atoms with Crippen molar-refractivity contribution in [1.82, 2.24) is 0 Å². The van der Waals surface area contributed by atoms with E-state index in [9.17, 15) is 18.4 Å². The summed E-state index contributed by atoms with van der Waals surface area (Å²) in [5, 5.41) is 0. The third-order valence-electron chi connectivity index (χ3n) is 1.86. The molecule has 0 spiro atoms. The van der Waals surface area contributed by atoms with Crippen LogP contribution < -0.4 is 0 Å². The first-order chi connectivity index (χ1) is 7.40. The summed E-state index contributed by atoms with van der Waals surface area (Å²) in [6.45, 7) is 2.49. The first kappa shape index (κ1) is 12.3. The molecule has 0 aliphatic heterocycles. The molecule has 0 saturated carbocycles. The minimum Gasteiger partial charge on any atom is -0.454 e. The van der Waals surface area contributed by atoms with E-state index in [1.165, 1.54) is 6.92 Å². The van der Waals surface area contributed by atoms with Crippen LogP contribution in [0.1, 0.15) is 24.2 Å². The van der Waals surface area contributed by atoms with Crippen LogP contribution in [-0.4, -0.2) is 17.9 Å². The second-order valence-electron chi connectivity index (χ2n) is 3.27. The minimum absolute atomic E-state index is 0.161. The Labute approximate surface area is 91.0 Å². The number of hydrogen-bond donors (Lipinski definition) is 0. The molecule has 0 saturated heterocycles. The summed E-state index contributed by atoms with van der Waals surface area (Å²) in [6, 6.07) is 2.45. The van der Waals surface area contributed by atoms with E-state index in [0.29, 0.717) is 6.07 Å². The number of esters is 1. The van der Waals surface area contributed by atoms with Crippen molar-refractivity contribution in [1.29, 1.82) is 0 Å². The molecule has 3 nitrogen and oxygen atoms in total. The molecule has 16 heavy (non-hydrogen) atoms. The second-order valence-corrected chi connectivity index (χ2v) is 3.27. The van der Waals surface area contributed by atoms with Crippen molar-refractivity contribution < 1.29 is 23.1 Å². The van der Waals surface area contributed by atoms with Gasteiger partial charge in [0.05, 0.1) is 0 Å². The number of halogens is 2. The lowest BCUT2D eigenvalue weighted by molar-refractivity contribution is -0.143. The van der Waals surface area contributed by atoms with Gasteiger partial charge in [-0.2, -0.15) is 0 Å². The van der Waals surface area contributed by atoms with E-state index in [4.69, 9.17) is 0 Å². The molecule has 0 aromatic heterocycles. The summed E-state index contributed by atoms with van der Waals surface area (Å²) in [6.07, 6.45) is -1.06. The fourth-order valence-corrected chi connectivity index (χ4v) is 1.23. The Hall–Kier alpha value is -1.78. The third kappa shape index (κ3) is 3.12. The van der Waals surface area contributed by atoms with Crippen LogP contribution in [0.15, 0.2) is 18.2 Å². The maximum absolute atomic E-state index is 12.8. The molecule has 0 bridgehead atoms. The molecule has 0 radical (unpaired) electrons. The van der Waals surface area contributed by atoms with E-state index in [1.54, 1.807) is 0 Å². The SMILES string of the molecule is CC(=O)OC(C)C(=O)c1cc(F)cc(F)c1. The van der Waals surface area contributed by atoms with E-state index >= 15 is 0 Å². The zero-order valence-corrected chi connectivity index (χ0v) is 8.79. The zero-order chi connectivity index (χ0) is 12.3. The predicted molar refractivity (Wildman–Crippen MR) is 51.9 cm³/mol. The lowest BCUT2D eigenvalue weighted by Gasteiger charge is -2.10. The molecule has 5 heteroatoms. The summed E-state index contributed by atoms with van der Waals surface area (Å²) in [7, 11) is 0. The Bertz CT molecular complexity index is 409. The molecule has 0 N–H and O–H groups in total. The van der Waals surface area contributed by atoms with Crippen molar-refractivity contribution in [2.75, 3.05) is 0 Å². The number of ether oxygens (including phenoxy) is 1. The fraction of sp³-hybridized carbons (Fsp3) is 0.273. The van der Waals surface area contributed by atoms with Gasteiger partial charge in [0.25, 0.3) is 0 Å². The average Bonchev–Trinajstić information content (AvgIpc) is 2.13. The number of carbonyl (C=O) groups excluding carboxylic acids is 2. The third-order valence-corrected chi connectivity index (χ3v) is 1.86. The van der Waals surface area contributed by atoms with Crippen LogP contribution in [0.4, 0.5) is 8.78 Å². The van der Waals surface area contributed by atoms with Gasteiger partial charge in [-0.15, -0.1) is 0 Å². The van der Waals surface area contributed by atoms with Gasteiger partial charge in [0, 0.05) is 18.6 Å². The van der Waals surface area contributed by atoms with E-state index in [0.717, 1.165) is 19.1 Å². The molecule has 1 aromatic rings. The monoisotopic (exact) mass is 228 g/mol. The number of carbonyl (C=O) groups is 2. The van der Waals surface area contributed by atoms with Crippen molar-refractivity contribution in [3.8, 4) is 0 Å². The molecular formula is C11H10F2O3. The maximum atomic E-state index is 12.8. The molecule has 0 fully saturated rings. The lowest BCUT2D eigenvalue weighted by atomic mass is 10.1. The second kappa shape index (κ2) is 4.83. The van der Waals surface area contributed by atoms with Crippen LogP contribution >= 0.6 is 0 Å². The lowest BCUT2D eigenvalue weighted by Crippen LogP contribution is -2.23. The highest BCUT2D eigenvalue weighted by atomic mass is 19.1. The summed E-state index contributed by atoms with van der Waals surface area (Å²) >= 11 is 0. The summed E-state index contributed by atoms with van der Waals surface area (Å²) in [5.41, 5.74) is -0.161. The average molecular weight is 228 g/mol. The molecule has 0 heterocycles. The van der Waals surface area contributed by atoms with Gasteiger partial charge in [0.15, 0.2) is 6.10 Å². The van der Waals surface area contributed by atoms with Crippen LogP contribution in [0.2, 0.25) is 0 Å². The Morgan fingerprint density at radius 3 is 2.12 bits per heavy atom. The first-order valence-electron chi connectivity index (χ1n) is 4.57. The Morgan fingerprint density at radius 2 is 1.69 bits per heavy atom. The number of rotatable bonds is 3. The van der Waals surface area contributed by atoms with Gasteiger partial charge in [0.2, 0.25) is 5.78 Å². The van der Waals surface area contributed by atoms with Crippen LogP contribution in [-0.2, 0) is 9.53 Å². The highest BCUT2D eigenvalue weighted by Gasteiger charge is 2.19. The normalized spacial score (nSPS) is 12.0. The van der Waals surface area contributed by atoms with Crippen molar-refractivity contribution in [2.45, 2.75) is 20.0 Å². The van der Waals surface area contributed by atoms with Gasteiger partial charge in [-0.05, 0) is 19.1 Å². The molecule has 0 aliphatic carbocycles. The van der Waals surface area contributed by atoms with E-state index in [2.05, 4.69) is 4.74 Å². The summed E-state index contributed by atoms with van der Waals surface area (Å²) in [5.74, 6) is -2.97. The molecule has 1 rings (SSSR count). The van der Waals surface area contributed by atoms with E-state index in [1.807, 2.05) is 0 Å². The standard InChI is InChI=1S/C11H10F2O3/c1-6(16-7(2)14)11(15)8-3-9(12)5-10(13)4-8/h3-6H,1-2H3. The molecular weight excluding hydrogens is 218 g/mol. The van der Waals surface area contributed by atoms with E-state index < -0.39 is 29.5 Å². The Kier molecular flexibility index (Phi) is 3.71. The number of benzene rings is 1. The molecule has 0 amide bonds. The van der Waals surface area contributed by atoms with Crippen LogP contribution in [0.3, 0.4) is 0 Å². The largest absolute Gasteiger partial charge is 0.454 e. The zero-order valence-electron chi connectivity index (χ0n) is 8.79. The van der Waals surface area contributed by atoms with Crippen molar-refractivity contribution in [3.05, 3.63) is 35.4 Å². The summed E-state index contributed by atoms with van der Waals surface area (Å²) in [4.78, 5) is 22.2. The van der Waals surface area contributed by atoms with Gasteiger partial charge >= 0.3 is 5.97 Å². The number of Topliss-reactive ketones (excluding diaryl/α,β-unsaturated/α-hetero) is 1. The van der Waals surface area contributed by atoms with Gasteiger partial charge < -0.3 is 4.74 Å². The van der Waals surface area contributed by atoms with Crippen LogP contribution in [0.25, 0.3) is 0 Å². The van der Waals surface area contributed by atoms with Crippen LogP contribution in [0, 0.1) is 11.6 Å². The Morgan fingerprint density at radius 1 is 1.19 bits per heavy atom. The number of ketones is 1. The topological polar surface area (TPSA) is 43.4 Å². The predicted octanol–water partition coefficient (Wildman–Crippen LogP) is 2.10. The van der Waals surface area contributed by atoms with Gasteiger partial charge in [-0.3, -0.25) is 9.59 Å². The minimum atomic E-state index is -1.06. The highest BCUT2D eigenvalue weighted by Crippen LogP contribution is 2.11. The first-order valence-corrected chi connectivity index (χ1v) is 4.57. The van der Waals surface area contributed by atoms with Gasteiger partial charge in [-0.1, -0.05) is 0 Å². The highest BCUT2D eigenvalue weighted by molar-refractivity contribution is 6.00. The maximum Gasteiger partial charge on any atom is 0.303 e. The van der Waals surface area contributed by atoms with E-state index in [-0.39, 0.29) is 5.56 Å². The quantitative estimate of drug-likeness (QED) is 0.587. The van der Waals surface area contributed by atoms with Crippen LogP contribution in [0.5, 0.6) is 0 Å². The molecule has 1 unspecified atom stereocenters.